The molecule has 0 fully saturated rings. The number of fused-ring (bicyclic) bond motifs is 4. The van der Waals surface area contributed by atoms with Crippen LogP contribution >= 0.6 is 45.3 Å². The van der Waals surface area contributed by atoms with Crippen LogP contribution in [-0.4, -0.2) is 87.9 Å². The molecule has 0 amide bonds. The number of carbonyl (C=O) groups is 5. The fourth-order valence-electron chi connectivity index (χ4n) is 6.99. The van der Waals surface area contributed by atoms with Gasteiger partial charge in [0.05, 0.1) is 111 Å². The number of Topliss-reactive ketones (excluding diaryl/α,β-unsaturated/α-hetero) is 1. The second kappa shape index (κ2) is 26.6. The third kappa shape index (κ3) is 16.8. The molecular formula is C54H64N4O11S4Si. The van der Waals surface area contributed by atoms with Crippen molar-refractivity contribution >= 4 is 124 Å². The van der Waals surface area contributed by atoms with Crippen molar-refractivity contribution in [2.45, 2.75) is 119 Å². The SMILES string of the molecule is CCOC(=O)CC(=O)c1ccc2sc(C)nc2c1.CCOC(=O)C[C@H](O)c1ccc2sc(C)nc2c1.CCOC(=O)C[C@H](O[Si](C)(C)C(C)(C)C)c1ccc2sc(C)nc2c1.Cc1nc2cc(C(=O)O)ccc2s1. The van der Waals surface area contributed by atoms with Gasteiger partial charge in [0.1, 0.15) is 6.42 Å². The monoisotopic (exact) mass is 1100 g/mol. The fraction of sp³-hybridized carbons (Fsp3) is 0.389. The largest absolute Gasteiger partial charge is 0.478 e. The molecule has 2 atom stereocenters. The molecule has 4 heterocycles. The fourth-order valence-corrected chi connectivity index (χ4v) is 11.5. The van der Waals surface area contributed by atoms with Gasteiger partial charge < -0.3 is 28.8 Å². The summed E-state index contributed by atoms with van der Waals surface area (Å²) in [4.78, 5) is 74.6. The van der Waals surface area contributed by atoms with Gasteiger partial charge >= 0.3 is 23.9 Å². The number of thiazole rings is 4. The van der Waals surface area contributed by atoms with E-state index in [0.29, 0.717) is 24.3 Å². The zero-order valence-electron chi connectivity index (χ0n) is 43.8. The lowest BCUT2D eigenvalue weighted by Gasteiger charge is -2.39. The number of aliphatic hydroxyl groups excluding tert-OH is 1. The molecule has 2 N–H and O–H groups in total. The highest BCUT2D eigenvalue weighted by atomic mass is 32.1. The number of ether oxygens (including phenoxy) is 3. The van der Waals surface area contributed by atoms with E-state index in [0.717, 1.165) is 66.5 Å². The van der Waals surface area contributed by atoms with Crippen molar-refractivity contribution in [2.75, 3.05) is 19.8 Å². The van der Waals surface area contributed by atoms with E-state index in [9.17, 15) is 29.1 Å². The average molecular weight is 1100 g/mol. The van der Waals surface area contributed by atoms with Crippen LogP contribution in [0.15, 0.2) is 72.8 Å². The van der Waals surface area contributed by atoms with Crippen LogP contribution in [0.1, 0.15) is 125 Å². The van der Waals surface area contributed by atoms with E-state index < -0.39 is 26.4 Å². The molecule has 4 aromatic heterocycles. The summed E-state index contributed by atoms with van der Waals surface area (Å²) in [6, 6.07) is 22.0. The van der Waals surface area contributed by atoms with Crippen LogP contribution in [0.4, 0.5) is 0 Å². The Labute approximate surface area is 448 Å². The van der Waals surface area contributed by atoms with Crippen LogP contribution in [0.5, 0.6) is 0 Å². The molecule has 0 saturated heterocycles. The molecule has 0 aliphatic rings. The number of aliphatic hydroxyl groups is 1. The predicted molar refractivity (Wildman–Crippen MR) is 298 cm³/mol. The van der Waals surface area contributed by atoms with Crippen molar-refractivity contribution in [2.24, 2.45) is 0 Å². The quantitative estimate of drug-likeness (QED) is 0.0321. The molecule has 0 saturated carbocycles. The van der Waals surface area contributed by atoms with E-state index in [-0.39, 0.29) is 60.3 Å². The van der Waals surface area contributed by atoms with Gasteiger partial charge in [-0.05, 0) is 138 Å². The lowest BCUT2D eigenvalue weighted by atomic mass is 10.1. The zero-order chi connectivity index (χ0) is 54.5. The van der Waals surface area contributed by atoms with Crippen LogP contribution in [0.25, 0.3) is 40.9 Å². The number of ketones is 1. The van der Waals surface area contributed by atoms with E-state index >= 15 is 0 Å². The van der Waals surface area contributed by atoms with Gasteiger partial charge in [0.15, 0.2) is 14.1 Å². The Hall–Kier alpha value is -5.87. The first-order valence-corrected chi connectivity index (χ1v) is 30.1. The number of esters is 3. The normalized spacial score (nSPS) is 12.2. The van der Waals surface area contributed by atoms with Crippen LogP contribution in [0, 0.1) is 27.7 Å². The van der Waals surface area contributed by atoms with Gasteiger partial charge in [0.2, 0.25) is 0 Å². The first-order valence-electron chi connectivity index (χ1n) is 24.0. The molecule has 394 valence electrons. The van der Waals surface area contributed by atoms with E-state index in [1.807, 2.05) is 58.9 Å². The molecule has 8 aromatic rings. The smallest absolute Gasteiger partial charge is 0.335 e. The molecule has 0 aliphatic heterocycles. The van der Waals surface area contributed by atoms with Crippen LogP contribution in [0.2, 0.25) is 18.1 Å². The topological polar surface area (TPSA) is 214 Å². The number of hydrogen-bond donors (Lipinski definition) is 2. The summed E-state index contributed by atoms with van der Waals surface area (Å²) >= 11 is 6.44. The lowest BCUT2D eigenvalue weighted by Crippen LogP contribution is -2.42. The first kappa shape index (κ1) is 59.0. The van der Waals surface area contributed by atoms with E-state index in [1.165, 1.54) is 0 Å². The Morgan fingerprint density at radius 1 is 0.554 bits per heavy atom. The number of aromatic nitrogens is 4. The maximum atomic E-state index is 12.1. The molecule has 20 heteroatoms. The van der Waals surface area contributed by atoms with Crippen molar-refractivity contribution in [3.8, 4) is 0 Å². The summed E-state index contributed by atoms with van der Waals surface area (Å²) in [7, 11) is -2.03. The molecule has 0 aliphatic carbocycles. The maximum Gasteiger partial charge on any atom is 0.335 e. The summed E-state index contributed by atoms with van der Waals surface area (Å²) in [6.45, 7) is 25.1. The third-order valence-corrected chi connectivity index (χ3v) is 19.8. The number of hydrogen-bond acceptors (Lipinski definition) is 18. The van der Waals surface area contributed by atoms with Crippen LogP contribution < -0.4 is 0 Å². The molecule has 15 nitrogen and oxygen atoms in total. The van der Waals surface area contributed by atoms with Crippen molar-refractivity contribution in [3.05, 3.63) is 115 Å². The van der Waals surface area contributed by atoms with E-state index in [2.05, 4.69) is 72.0 Å². The van der Waals surface area contributed by atoms with Gasteiger partial charge in [-0.15, -0.1) is 45.3 Å². The summed E-state index contributed by atoms with van der Waals surface area (Å²) in [5.74, 6) is -2.24. The molecule has 8 rings (SSSR count). The van der Waals surface area contributed by atoms with Crippen molar-refractivity contribution in [1.82, 2.24) is 19.9 Å². The number of nitrogens with zero attached hydrogens (tertiary/aromatic N) is 4. The van der Waals surface area contributed by atoms with E-state index in [4.69, 9.17) is 23.7 Å². The molecule has 0 unspecified atom stereocenters. The van der Waals surface area contributed by atoms with Gasteiger partial charge in [-0.1, -0.05) is 32.9 Å². The van der Waals surface area contributed by atoms with Crippen LogP contribution in [-0.2, 0) is 33.0 Å². The van der Waals surface area contributed by atoms with Gasteiger partial charge in [0, 0.05) is 5.56 Å². The second-order valence-electron chi connectivity index (χ2n) is 18.4. The molecule has 0 radical (unpaired) electrons. The summed E-state index contributed by atoms with van der Waals surface area (Å²) in [6.07, 6.45) is -1.15. The Balaban J connectivity index is 0.000000187. The van der Waals surface area contributed by atoms with Crippen molar-refractivity contribution < 1.29 is 52.8 Å². The Bertz CT molecular complexity index is 3240. The first-order chi connectivity index (χ1) is 34.9. The highest BCUT2D eigenvalue weighted by Crippen LogP contribution is 2.41. The number of carboxylic acid groups (broad SMARTS) is 1. The van der Waals surface area contributed by atoms with E-state index in [1.54, 1.807) is 89.5 Å². The highest BCUT2D eigenvalue weighted by molar-refractivity contribution is 7.19. The number of aromatic carboxylic acids is 1. The van der Waals surface area contributed by atoms with Gasteiger partial charge in [-0.3, -0.25) is 19.2 Å². The standard InChI is InChI=1S/C19H29NO3SSi.C13H15NO3S.C13H13NO3S.C9H7NO2S/c1-8-22-18(21)12-16(23-25(6,7)19(3,4)5)14-9-10-17-15(11-14)20-13(2)24-17;2*1-3-17-13(16)7-11(15)9-4-5-12-10(6-9)14-8(2)18-12;1-5-10-7-4-6(9(11)12)2-3-8(7)13-5/h9-11,16H,8,12H2,1-7H3;4-6,11,15H,3,7H2,1-2H3;4-6H,3,7H2,1-2H3;2-4H,1H3,(H,11,12)/t16-;11-;;/m00../s1. The maximum absolute atomic E-state index is 12.1. The zero-order valence-corrected chi connectivity index (χ0v) is 48.1. The Kier molecular flexibility index (Phi) is 21.2. The van der Waals surface area contributed by atoms with Gasteiger partial charge in [0.25, 0.3) is 0 Å². The van der Waals surface area contributed by atoms with Crippen molar-refractivity contribution in [1.29, 1.82) is 0 Å². The number of carbonyl (C=O) groups excluding carboxylic acids is 4. The van der Waals surface area contributed by atoms with Gasteiger partial charge in [-0.25, -0.2) is 24.7 Å². The lowest BCUT2D eigenvalue weighted by molar-refractivity contribution is -0.146. The molecule has 0 bridgehead atoms. The number of rotatable bonds is 15. The molecular weight excluding hydrogens is 1040 g/mol. The average Bonchev–Trinajstić information content (AvgIpc) is 4.10. The molecule has 0 spiro atoms. The van der Waals surface area contributed by atoms with Gasteiger partial charge in [-0.2, -0.15) is 0 Å². The Morgan fingerprint density at radius 3 is 1.38 bits per heavy atom. The summed E-state index contributed by atoms with van der Waals surface area (Å²) in [5.41, 5.74) is 5.87. The number of carboxylic acids is 1. The summed E-state index contributed by atoms with van der Waals surface area (Å²) < 4.78 is 25.6. The predicted octanol–water partition coefficient (Wildman–Crippen LogP) is 13.3. The summed E-state index contributed by atoms with van der Waals surface area (Å²) in [5, 5.41) is 22.7. The van der Waals surface area contributed by atoms with Crippen molar-refractivity contribution in [3.63, 3.8) is 0 Å². The minimum atomic E-state index is -2.03. The minimum Gasteiger partial charge on any atom is -0.478 e. The molecule has 4 aromatic carbocycles. The number of benzene rings is 4. The highest BCUT2D eigenvalue weighted by Gasteiger charge is 2.40. The second-order valence-corrected chi connectivity index (χ2v) is 28.1. The van der Waals surface area contributed by atoms with Crippen LogP contribution in [0.3, 0.4) is 0 Å². The third-order valence-electron chi connectivity index (χ3n) is 11.5. The number of aryl methyl sites for hydroxylation is 4. The minimum absolute atomic E-state index is 0.0253. The Morgan fingerprint density at radius 2 is 0.932 bits per heavy atom. The molecule has 74 heavy (non-hydrogen) atoms.